The topological polar surface area (TPSA) is 134 Å². The van der Waals surface area contributed by atoms with E-state index in [1.807, 2.05) is 6.92 Å². The number of rotatable bonds is 26. The van der Waals surface area contributed by atoms with Gasteiger partial charge in [0.25, 0.3) is 0 Å². The molecule has 0 saturated carbocycles. The van der Waals surface area contributed by atoms with Crippen LogP contribution in [-0.4, -0.2) is 91.6 Å². The fourth-order valence-electron chi connectivity index (χ4n) is 5.40. The maximum absolute atomic E-state index is 12.7. The lowest BCUT2D eigenvalue weighted by molar-refractivity contribution is -0.135. The summed E-state index contributed by atoms with van der Waals surface area (Å²) in [4.78, 5) is 36.8. The van der Waals surface area contributed by atoms with Crippen LogP contribution in [0.25, 0.3) is 0 Å². The molecule has 59 heavy (non-hydrogen) atoms. The average molecular weight is 817 g/mol. The number of unbranched alkanes of at least 4 members (excludes halogenated alkanes) is 5. The molecular formula is C47H60O12. The van der Waals surface area contributed by atoms with Crippen molar-refractivity contribution in [1.82, 2.24) is 0 Å². The first-order valence-electron chi connectivity index (χ1n) is 19.4. The summed E-state index contributed by atoms with van der Waals surface area (Å²) in [6.45, 7) is 11.8. The number of ether oxygens (including phenoxy) is 9. The summed E-state index contributed by atoms with van der Waals surface area (Å²) in [6.07, 6.45) is 20.8. The first-order valence-corrected chi connectivity index (χ1v) is 19.4. The van der Waals surface area contributed by atoms with Crippen LogP contribution in [0, 0.1) is 17.8 Å². The lowest BCUT2D eigenvalue weighted by atomic mass is 9.92. The van der Waals surface area contributed by atoms with Gasteiger partial charge in [-0.05, 0) is 86.5 Å². The van der Waals surface area contributed by atoms with Crippen LogP contribution in [0.15, 0.2) is 110 Å². The van der Waals surface area contributed by atoms with Gasteiger partial charge in [-0.15, -0.1) is 19.6 Å². The van der Waals surface area contributed by atoms with Gasteiger partial charge in [-0.1, -0.05) is 43.8 Å². The summed E-state index contributed by atoms with van der Waals surface area (Å²) in [5, 5.41) is 0. The van der Waals surface area contributed by atoms with E-state index in [0.717, 1.165) is 38.5 Å². The number of terminal acetylenes is 1. The Morgan fingerprint density at radius 2 is 1.29 bits per heavy atom. The fourth-order valence-corrected chi connectivity index (χ4v) is 5.40. The van der Waals surface area contributed by atoms with Crippen LogP contribution >= 0.6 is 0 Å². The minimum Gasteiger partial charge on any atom is -0.497 e. The molecule has 0 radical (unpaired) electrons. The maximum Gasteiger partial charge on any atom is 0.343 e. The van der Waals surface area contributed by atoms with Gasteiger partial charge in [-0.25, -0.2) is 14.4 Å². The molecule has 0 aromatic heterocycles. The molecule has 1 atom stereocenters. The Hall–Kier alpha value is -5.61. The molecule has 12 heteroatoms. The van der Waals surface area contributed by atoms with Crippen LogP contribution in [0.3, 0.4) is 0 Å². The summed E-state index contributed by atoms with van der Waals surface area (Å²) in [5.74, 6) is 3.27. The minimum absolute atomic E-state index is 0.216. The molecule has 0 saturated heterocycles. The van der Waals surface area contributed by atoms with Crippen molar-refractivity contribution in [3.8, 4) is 23.8 Å². The van der Waals surface area contributed by atoms with Gasteiger partial charge in [0.1, 0.15) is 22.9 Å². The molecule has 2 aromatic rings. The van der Waals surface area contributed by atoms with Crippen molar-refractivity contribution < 1.29 is 57.0 Å². The quantitative estimate of drug-likeness (QED) is 0.0225. The lowest BCUT2D eigenvalue weighted by Crippen LogP contribution is -2.32. The van der Waals surface area contributed by atoms with Crippen molar-refractivity contribution in [3.63, 3.8) is 0 Å². The third kappa shape index (κ3) is 18.7. The van der Waals surface area contributed by atoms with Crippen molar-refractivity contribution >= 4 is 17.9 Å². The van der Waals surface area contributed by atoms with E-state index in [0.29, 0.717) is 68.0 Å². The van der Waals surface area contributed by atoms with Crippen LogP contribution in [-0.2, 0) is 38.0 Å². The predicted octanol–water partition coefficient (Wildman–Crippen LogP) is 8.39. The summed E-state index contributed by atoms with van der Waals surface area (Å²) >= 11 is 0. The average Bonchev–Trinajstić information content (AvgIpc) is 3.27. The molecule has 0 N–H and O–H groups in total. The van der Waals surface area contributed by atoms with E-state index in [-0.39, 0.29) is 23.6 Å². The lowest BCUT2D eigenvalue weighted by Gasteiger charge is -2.32. The molecule has 320 valence electrons. The molecule has 0 spiro atoms. The van der Waals surface area contributed by atoms with Gasteiger partial charge in [-0.3, -0.25) is 0 Å². The number of hydrogen-bond donors (Lipinski definition) is 0. The third-order valence-corrected chi connectivity index (χ3v) is 8.84. The highest BCUT2D eigenvalue weighted by Crippen LogP contribution is 2.33. The van der Waals surface area contributed by atoms with E-state index in [2.05, 4.69) is 19.1 Å². The zero-order valence-corrected chi connectivity index (χ0v) is 35.2. The van der Waals surface area contributed by atoms with E-state index < -0.39 is 17.5 Å². The van der Waals surface area contributed by atoms with Crippen LogP contribution in [0.2, 0.25) is 0 Å². The molecule has 1 unspecified atom stereocenters. The number of carbonyl (C=O) groups excluding carboxylic acids is 3. The van der Waals surface area contributed by atoms with Crippen molar-refractivity contribution in [2.24, 2.45) is 5.41 Å². The van der Waals surface area contributed by atoms with Gasteiger partial charge in [0.15, 0.2) is 5.76 Å². The Bertz CT molecular complexity index is 1720. The molecule has 0 bridgehead atoms. The fraction of sp³-hybridized carbons (Fsp3) is 0.426. The SMILES string of the molecule is C#CC(C)(COCC=C)COCC=C.COC(=O)C=CC1(OCCCCCCCCOC(=O)c2ccc(OC)cc2)C=CC(OC(=O)c2ccc(OC)cc2)=C(OC)C1. The highest BCUT2D eigenvalue weighted by atomic mass is 16.6. The van der Waals surface area contributed by atoms with Crippen LogP contribution in [0.4, 0.5) is 0 Å². The first-order chi connectivity index (χ1) is 28.5. The van der Waals surface area contributed by atoms with Crippen molar-refractivity contribution in [2.45, 2.75) is 57.5 Å². The zero-order valence-electron chi connectivity index (χ0n) is 35.2. The first kappa shape index (κ1) is 49.5. The molecule has 2 aromatic carbocycles. The summed E-state index contributed by atoms with van der Waals surface area (Å²) < 4.78 is 48.4. The highest BCUT2D eigenvalue weighted by molar-refractivity contribution is 5.90. The van der Waals surface area contributed by atoms with Crippen LogP contribution in [0.5, 0.6) is 11.5 Å². The van der Waals surface area contributed by atoms with E-state index in [4.69, 9.17) is 49.1 Å². The molecule has 3 rings (SSSR count). The van der Waals surface area contributed by atoms with E-state index in [1.54, 1.807) is 93.1 Å². The Kier molecular flexibility index (Phi) is 23.4. The van der Waals surface area contributed by atoms with Gasteiger partial charge in [0, 0.05) is 19.1 Å². The zero-order chi connectivity index (χ0) is 43.4. The number of benzene rings is 2. The van der Waals surface area contributed by atoms with Crippen molar-refractivity contribution in [2.75, 3.05) is 68.1 Å². The molecule has 1 aliphatic carbocycles. The van der Waals surface area contributed by atoms with E-state index >= 15 is 0 Å². The highest BCUT2D eigenvalue weighted by Gasteiger charge is 2.33. The Balaban J connectivity index is 0.000000729. The monoisotopic (exact) mass is 816 g/mol. The standard InChI is InChI=1S/C35H42O10.C12H18O2/c1-39-28-15-11-26(12-16-28)33(37)43-23-9-7-5-6-8-10-24-44-35(22-20-32(36)42-4)21-19-30(31(25-35)41-3)45-34(38)27-13-17-29(40-2)18-14-27;1-5-8-13-10-12(4,7-3)11-14-9-6-2/h11-22H,5-10,23-25H2,1-4H3;3,5-6H,1-2,8-11H2,4H3. The number of allylic oxidation sites excluding steroid dienone is 1. The molecular weight excluding hydrogens is 757 g/mol. The normalized spacial score (nSPS) is 14.6. The third-order valence-electron chi connectivity index (χ3n) is 8.84. The summed E-state index contributed by atoms with van der Waals surface area (Å²) in [6, 6.07) is 13.4. The van der Waals surface area contributed by atoms with Gasteiger partial charge in [0.05, 0.1) is 78.0 Å². The summed E-state index contributed by atoms with van der Waals surface area (Å²) in [7, 11) is 5.92. The Labute approximate surface area is 349 Å². The Morgan fingerprint density at radius 1 is 0.763 bits per heavy atom. The summed E-state index contributed by atoms with van der Waals surface area (Å²) in [5.41, 5.74) is -0.489. The number of carbonyl (C=O) groups is 3. The second kappa shape index (κ2) is 27.9. The number of methoxy groups -OCH3 is 4. The van der Waals surface area contributed by atoms with Crippen LogP contribution in [0.1, 0.15) is 72.6 Å². The maximum atomic E-state index is 12.7. The molecule has 0 amide bonds. The predicted molar refractivity (Wildman–Crippen MR) is 226 cm³/mol. The minimum atomic E-state index is -0.983. The molecule has 1 aliphatic rings. The van der Waals surface area contributed by atoms with Gasteiger partial charge in [-0.2, -0.15) is 0 Å². The second-order valence-electron chi connectivity index (χ2n) is 13.6. The number of esters is 3. The van der Waals surface area contributed by atoms with E-state index in [9.17, 15) is 14.4 Å². The van der Waals surface area contributed by atoms with Gasteiger partial charge < -0.3 is 42.6 Å². The van der Waals surface area contributed by atoms with Crippen molar-refractivity contribution in [1.29, 1.82) is 0 Å². The smallest absolute Gasteiger partial charge is 0.343 e. The van der Waals surface area contributed by atoms with Gasteiger partial charge >= 0.3 is 17.9 Å². The van der Waals surface area contributed by atoms with Crippen LogP contribution < -0.4 is 9.47 Å². The van der Waals surface area contributed by atoms with E-state index in [1.165, 1.54) is 20.3 Å². The largest absolute Gasteiger partial charge is 0.497 e. The molecule has 0 aliphatic heterocycles. The molecule has 12 nitrogen and oxygen atoms in total. The number of hydrogen-bond acceptors (Lipinski definition) is 12. The Morgan fingerprint density at radius 3 is 1.78 bits per heavy atom. The van der Waals surface area contributed by atoms with Gasteiger partial charge in [0.2, 0.25) is 0 Å². The second-order valence-corrected chi connectivity index (χ2v) is 13.6. The van der Waals surface area contributed by atoms with Crippen molar-refractivity contribution in [3.05, 3.63) is 121 Å². The molecule has 0 heterocycles. The molecule has 0 fully saturated rings.